The Hall–Kier alpha value is -0.530. The molecule has 78 valence electrons. The first-order valence-electron chi connectivity index (χ1n) is 5.08. The van der Waals surface area contributed by atoms with Crippen LogP contribution in [0.25, 0.3) is 0 Å². The van der Waals surface area contributed by atoms with Crippen molar-refractivity contribution in [2.75, 3.05) is 6.54 Å². The lowest BCUT2D eigenvalue weighted by atomic mass is 10.1. The second-order valence-electron chi connectivity index (χ2n) is 3.95. The minimum atomic E-state index is 0.541. The number of aryl methyl sites for hydroxylation is 1. The molecule has 14 heavy (non-hydrogen) atoms. The fourth-order valence-corrected chi connectivity index (χ4v) is 1.68. The predicted octanol–water partition coefficient (Wildman–Crippen LogP) is 3.19. The maximum absolute atomic E-state index is 6.12. The van der Waals surface area contributed by atoms with Gasteiger partial charge < -0.3 is 5.32 Å². The minimum Gasteiger partial charge on any atom is -0.314 e. The molecule has 0 aliphatic heterocycles. The zero-order valence-electron chi connectivity index (χ0n) is 9.10. The molecular weight excluding hydrogens is 194 g/mol. The highest BCUT2D eigenvalue weighted by atomic mass is 35.5. The van der Waals surface area contributed by atoms with Crippen LogP contribution >= 0.6 is 11.6 Å². The highest BCUT2D eigenvalue weighted by Crippen LogP contribution is 2.17. The summed E-state index contributed by atoms with van der Waals surface area (Å²) in [5.74, 6) is 0. The van der Waals surface area contributed by atoms with Crippen molar-refractivity contribution in [1.82, 2.24) is 5.32 Å². The summed E-state index contributed by atoms with van der Waals surface area (Å²) >= 11 is 6.12. The van der Waals surface area contributed by atoms with Crippen molar-refractivity contribution >= 4 is 11.6 Å². The van der Waals surface area contributed by atoms with Crippen LogP contribution in [-0.2, 0) is 6.42 Å². The van der Waals surface area contributed by atoms with E-state index in [9.17, 15) is 0 Å². The van der Waals surface area contributed by atoms with Gasteiger partial charge in [-0.3, -0.25) is 0 Å². The smallest absolute Gasteiger partial charge is 0.0441 e. The Balaban J connectivity index is 2.51. The topological polar surface area (TPSA) is 12.0 Å². The molecule has 0 unspecified atom stereocenters. The van der Waals surface area contributed by atoms with Crippen LogP contribution in [0.5, 0.6) is 0 Å². The highest BCUT2D eigenvalue weighted by Gasteiger charge is 2.00. The first-order valence-corrected chi connectivity index (χ1v) is 5.46. The van der Waals surface area contributed by atoms with Gasteiger partial charge in [0.25, 0.3) is 0 Å². The Morgan fingerprint density at radius 2 is 2.07 bits per heavy atom. The van der Waals surface area contributed by atoms with Gasteiger partial charge in [0.15, 0.2) is 0 Å². The van der Waals surface area contributed by atoms with Crippen molar-refractivity contribution in [2.24, 2.45) is 0 Å². The number of hydrogen-bond donors (Lipinski definition) is 1. The number of halogens is 1. The van der Waals surface area contributed by atoms with Gasteiger partial charge in [0.05, 0.1) is 0 Å². The maximum Gasteiger partial charge on any atom is 0.0441 e. The predicted molar refractivity (Wildman–Crippen MR) is 63.0 cm³/mol. The summed E-state index contributed by atoms with van der Waals surface area (Å²) in [6.07, 6.45) is 0.997. The van der Waals surface area contributed by atoms with Gasteiger partial charge in [-0.05, 0) is 37.1 Å². The molecule has 0 heterocycles. The Morgan fingerprint density at radius 3 is 2.64 bits per heavy atom. The van der Waals surface area contributed by atoms with Crippen LogP contribution in [0.3, 0.4) is 0 Å². The van der Waals surface area contributed by atoms with E-state index in [1.807, 2.05) is 6.07 Å². The van der Waals surface area contributed by atoms with E-state index < -0.39 is 0 Å². The van der Waals surface area contributed by atoms with Gasteiger partial charge in [-0.2, -0.15) is 0 Å². The van der Waals surface area contributed by atoms with Crippen LogP contribution in [-0.4, -0.2) is 12.6 Å². The SMILES string of the molecule is Cc1ccc(CCNC(C)C)c(Cl)c1. The van der Waals surface area contributed by atoms with E-state index >= 15 is 0 Å². The average molecular weight is 212 g/mol. The fourth-order valence-electron chi connectivity index (χ4n) is 1.35. The molecule has 0 aromatic heterocycles. The standard InChI is InChI=1S/C12H18ClN/c1-9(2)14-7-6-11-5-4-10(3)8-12(11)13/h4-5,8-9,14H,6-7H2,1-3H3. The summed E-state index contributed by atoms with van der Waals surface area (Å²) in [4.78, 5) is 0. The van der Waals surface area contributed by atoms with Gasteiger partial charge in [0.2, 0.25) is 0 Å². The van der Waals surface area contributed by atoms with Crippen molar-refractivity contribution in [3.05, 3.63) is 34.3 Å². The molecule has 0 bridgehead atoms. The molecule has 0 aliphatic carbocycles. The molecule has 0 aliphatic rings. The number of nitrogens with one attached hydrogen (secondary N) is 1. The van der Waals surface area contributed by atoms with Crippen LogP contribution < -0.4 is 5.32 Å². The zero-order chi connectivity index (χ0) is 10.6. The summed E-state index contributed by atoms with van der Waals surface area (Å²) in [7, 11) is 0. The van der Waals surface area contributed by atoms with Crippen molar-refractivity contribution < 1.29 is 0 Å². The summed E-state index contributed by atoms with van der Waals surface area (Å²) < 4.78 is 0. The molecule has 2 heteroatoms. The third kappa shape index (κ3) is 3.69. The summed E-state index contributed by atoms with van der Waals surface area (Å²) in [5.41, 5.74) is 2.45. The van der Waals surface area contributed by atoms with E-state index in [0.717, 1.165) is 18.0 Å². The first-order chi connectivity index (χ1) is 6.59. The normalized spacial score (nSPS) is 10.9. The van der Waals surface area contributed by atoms with E-state index in [2.05, 4.69) is 38.2 Å². The zero-order valence-corrected chi connectivity index (χ0v) is 9.86. The van der Waals surface area contributed by atoms with E-state index in [1.54, 1.807) is 0 Å². The third-order valence-electron chi connectivity index (χ3n) is 2.16. The van der Waals surface area contributed by atoms with E-state index in [1.165, 1.54) is 11.1 Å². The quantitative estimate of drug-likeness (QED) is 0.807. The van der Waals surface area contributed by atoms with Crippen LogP contribution in [0.2, 0.25) is 5.02 Å². The second-order valence-corrected chi connectivity index (χ2v) is 4.36. The third-order valence-corrected chi connectivity index (χ3v) is 2.51. The molecule has 0 atom stereocenters. The number of hydrogen-bond acceptors (Lipinski definition) is 1. The van der Waals surface area contributed by atoms with Crippen molar-refractivity contribution in [3.63, 3.8) is 0 Å². The Labute approximate surface area is 91.5 Å². The van der Waals surface area contributed by atoms with Crippen LogP contribution in [0.1, 0.15) is 25.0 Å². The molecule has 0 fully saturated rings. The summed E-state index contributed by atoms with van der Waals surface area (Å²) in [6.45, 7) is 7.34. The van der Waals surface area contributed by atoms with Crippen molar-refractivity contribution in [1.29, 1.82) is 0 Å². The Morgan fingerprint density at radius 1 is 1.36 bits per heavy atom. The van der Waals surface area contributed by atoms with E-state index in [0.29, 0.717) is 6.04 Å². The van der Waals surface area contributed by atoms with Crippen LogP contribution in [0, 0.1) is 6.92 Å². The molecule has 0 spiro atoms. The molecular formula is C12H18ClN. The van der Waals surface area contributed by atoms with E-state index in [4.69, 9.17) is 11.6 Å². The molecule has 0 saturated heterocycles. The summed E-state index contributed by atoms with van der Waals surface area (Å²) in [5, 5.41) is 4.26. The maximum atomic E-state index is 6.12. The largest absolute Gasteiger partial charge is 0.314 e. The fraction of sp³-hybridized carbons (Fsp3) is 0.500. The first kappa shape index (κ1) is 11.5. The monoisotopic (exact) mass is 211 g/mol. The molecule has 1 aromatic rings. The average Bonchev–Trinajstić information content (AvgIpc) is 2.08. The number of benzene rings is 1. The van der Waals surface area contributed by atoms with Gasteiger partial charge in [-0.15, -0.1) is 0 Å². The van der Waals surface area contributed by atoms with Crippen LogP contribution in [0.15, 0.2) is 18.2 Å². The lowest BCUT2D eigenvalue weighted by molar-refractivity contribution is 0.590. The lowest BCUT2D eigenvalue weighted by Crippen LogP contribution is -2.25. The Bertz CT molecular complexity index is 294. The molecule has 0 saturated carbocycles. The van der Waals surface area contributed by atoms with Gasteiger partial charge in [0.1, 0.15) is 0 Å². The molecule has 0 radical (unpaired) electrons. The van der Waals surface area contributed by atoms with Crippen molar-refractivity contribution in [3.8, 4) is 0 Å². The van der Waals surface area contributed by atoms with Gasteiger partial charge in [-0.1, -0.05) is 37.6 Å². The van der Waals surface area contributed by atoms with Crippen LogP contribution in [0.4, 0.5) is 0 Å². The van der Waals surface area contributed by atoms with Gasteiger partial charge in [-0.25, -0.2) is 0 Å². The summed E-state index contributed by atoms with van der Waals surface area (Å²) in [6, 6.07) is 6.78. The molecule has 1 N–H and O–H groups in total. The highest BCUT2D eigenvalue weighted by molar-refractivity contribution is 6.31. The van der Waals surface area contributed by atoms with Crippen molar-refractivity contribution in [2.45, 2.75) is 33.2 Å². The van der Waals surface area contributed by atoms with E-state index in [-0.39, 0.29) is 0 Å². The molecule has 1 nitrogen and oxygen atoms in total. The minimum absolute atomic E-state index is 0.541. The molecule has 1 rings (SSSR count). The van der Waals surface area contributed by atoms with Gasteiger partial charge in [0, 0.05) is 11.1 Å². The Kier molecular flexibility index (Phi) is 4.43. The lowest BCUT2D eigenvalue weighted by Gasteiger charge is -2.09. The molecule has 1 aromatic carbocycles. The van der Waals surface area contributed by atoms with Gasteiger partial charge >= 0.3 is 0 Å². The molecule has 0 amide bonds. The number of rotatable bonds is 4. The second kappa shape index (κ2) is 5.38.